The Morgan fingerprint density at radius 2 is 0.974 bits per heavy atom. The second-order valence-electron chi connectivity index (χ2n) is 7.16. The number of ether oxygens (including phenoxy) is 2. The third kappa shape index (κ3) is 9.93. The predicted octanol–water partition coefficient (Wildman–Crippen LogP) is 6.84. The third-order valence-corrected chi connectivity index (χ3v) is 4.70. The highest BCUT2D eigenvalue weighted by Gasteiger charge is 2.15. The lowest BCUT2D eigenvalue weighted by Crippen LogP contribution is -1.91. The van der Waals surface area contributed by atoms with Gasteiger partial charge in [-0.2, -0.15) is 0 Å². The molecule has 4 aromatic carbocycles. The third-order valence-electron chi connectivity index (χ3n) is 4.70. The standard InChI is InChI=1S/2C13H12N3O.H2O3S/c2*1-17-13-9-11(7-8-12(13)16-14)15-10-5-3-2-4-6-10;1-4(2)3/h2*2-9,15H,1H3;(H2,1,2,3)/q2*+1;/p-2. The Labute approximate surface area is 222 Å². The molecule has 0 unspecified atom stereocenters. The van der Waals surface area contributed by atoms with Gasteiger partial charge in [0.2, 0.25) is 22.3 Å². The van der Waals surface area contributed by atoms with Crippen molar-refractivity contribution < 1.29 is 22.8 Å². The molecular weight excluding hydrogens is 508 g/mol. The lowest BCUT2D eigenvalue weighted by Gasteiger charge is -2.06. The highest BCUT2D eigenvalue weighted by atomic mass is 32.2. The SMILES string of the molecule is COc1cc(Nc2ccccc2)ccc1[N+]#N.COc1cc(Nc2ccccc2)ccc1[N+]#N.O=S([O-])[O-]. The molecule has 2 N–H and O–H groups in total. The summed E-state index contributed by atoms with van der Waals surface area (Å²) in [4.78, 5) is 6.27. The molecule has 11 nitrogen and oxygen atoms in total. The molecule has 0 saturated heterocycles. The summed E-state index contributed by atoms with van der Waals surface area (Å²) < 4.78 is 35.6. The fraction of sp³-hybridized carbons (Fsp3) is 0.0769. The Morgan fingerprint density at radius 1 is 0.632 bits per heavy atom. The zero-order valence-electron chi connectivity index (χ0n) is 20.5. The summed E-state index contributed by atoms with van der Waals surface area (Å²) in [5.41, 5.74) is 4.55. The van der Waals surface area contributed by atoms with Gasteiger partial charge >= 0.3 is 11.4 Å². The van der Waals surface area contributed by atoms with Crippen molar-refractivity contribution in [1.29, 1.82) is 10.8 Å². The van der Waals surface area contributed by atoms with Crippen LogP contribution in [-0.2, 0) is 11.4 Å². The number of methoxy groups -OCH3 is 2. The number of hydrogen-bond donors (Lipinski definition) is 2. The van der Waals surface area contributed by atoms with Crippen LogP contribution in [0.25, 0.3) is 9.95 Å². The number of nitrogens with zero attached hydrogens (tertiary/aromatic N) is 4. The van der Waals surface area contributed by atoms with E-state index in [0.29, 0.717) is 22.9 Å². The lowest BCUT2D eigenvalue weighted by atomic mass is 10.2. The van der Waals surface area contributed by atoms with Crippen molar-refractivity contribution in [3.8, 4) is 11.5 Å². The van der Waals surface area contributed by atoms with Crippen molar-refractivity contribution in [3.63, 3.8) is 0 Å². The Morgan fingerprint density at radius 3 is 1.26 bits per heavy atom. The molecule has 38 heavy (non-hydrogen) atoms. The molecule has 0 aromatic heterocycles. The maximum Gasteiger partial charge on any atom is 0.426 e. The van der Waals surface area contributed by atoms with Gasteiger partial charge in [-0.25, -0.2) is 0 Å². The quantitative estimate of drug-likeness (QED) is 0.200. The number of benzene rings is 4. The number of rotatable bonds is 6. The van der Waals surface area contributed by atoms with Crippen LogP contribution < -0.4 is 20.1 Å². The van der Waals surface area contributed by atoms with Gasteiger partial charge in [-0.05, 0) is 36.4 Å². The predicted molar refractivity (Wildman–Crippen MR) is 145 cm³/mol. The molecule has 12 heteroatoms. The van der Waals surface area contributed by atoms with Crippen LogP contribution in [0.3, 0.4) is 0 Å². The highest BCUT2D eigenvalue weighted by Crippen LogP contribution is 2.32. The van der Waals surface area contributed by atoms with Gasteiger partial charge in [0.05, 0.1) is 14.2 Å². The minimum Gasteiger partial charge on any atom is -0.784 e. The van der Waals surface area contributed by atoms with Crippen molar-refractivity contribution in [2.24, 2.45) is 0 Å². The molecule has 0 bridgehead atoms. The Bertz CT molecular complexity index is 1300. The number of anilines is 4. The number of para-hydroxylation sites is 2. The van der Waals surface area contributed by atoms with E-state index in [1.807, 2.05) is 72.8 Å². The highest BCUT2D eigenvalue weighted by molar-refractivity contribution is 7.72. The molecule has 0 amide bonds. The Hall–Kier alpha value is -5.01. The molecule has 0 aliphatic rings. The van der Waals surface area contributed by atoms with E-state index in [1.54, 1.807) is 24.3 Å². The van der Waals surface area contributed by atoms with Gasteiger partial charge in [0.25, 0.3) is 0 Å². The zero-order valence-corrected chi connectivity index (χ0v) is 21.3. The van der Waals surface area contributed by atoms with Gasteiger partial charge in [0, 0.05) is 47.0 Å². The molecular formula is C26H24N6O5S. The first-order valence-electron chi connectivity index (χ1n) is 10.9. The smallest absolute Gasteiger partial charge is 0.426 e. The second kappa shape index (κ2) is 15.9. The van der Waals surface area contributed by atoms with E-state index >= 15 is 0 Å². The van der Waals surface area contributed by atoms with Gasteiger partial charge in [0.15, 0.2) is 9.95 Å². The molecule has 0 radical (unpaired) electrons. The average Bonchev–Trinajstić information content (AvgIpc) is 2.94. The summed E-state index contributed by atoms with van der Waals surface area (Å²) in [7, 11) is 3.08. The van der Waals surface area contributed by atoms with Crippen LogP contribution in [0.4, 0.5) is 34.1 Å². The van der Waals surface area contributed by atoms with Crippen LogP contribution in [0.1, 0.15) is 0 Å². The van der Waals surface area contributed by atoms with E-state index in [9.17, 15) is 0 Å². The molecule has 0 spiro atoms. The second-order valence-corrected chi connectivity index (χ2v) is 7.57. The van der Waals surface area contributed by atoms with E-state index in [-0.39, 0.29) is 0 Å². The van der Waals surface area contributed by atoms with E-state index in [0.717, 1.165) is 22.7 Å². The monoisotopic (exact) mass is 532 g/mol. The van der Waals surface area contributed by atoms with Crippen molar-refractivity contribution in [1.82, 2.24) is 0 Å². The van der Waals surface area contributed by atoms with Crippen molar-refractivity contribution in [2.45, 2.75) is 0 Å². The van der Waals surface area contributed by atoms with Gasteiger partial charge in [0.1, 0.15) is 0 Å². The van der Waals surface area contributed by atoms with Crippen LogP contribution in [0, 0.1) is 10.8 Å². The lowest BCUT2D eigenvalue weighted by molar-refractivity contribution is 0.417. The maximum absolute atomic E-state index is 8.75. The van der Waals surface area contributed by atoms with Gasteiger partial charge in [-0.15, -0.1) is 11.4 Å². The fourth-order valence-corrected chi connectivity index (χ4v) is 3.05. The van der Waals surface area contributed by atoms with Crippen molar-refractivity contribution in [3.05, 3.63) is 107 Å². The van der Waals surface area contributed by atoms with Crippen LogP contribution in [0.2, 0.25) is 0 Å². The molecule has 4 aromatic rings. The largest absolute Gasteiger partial charge is 0.784 e. The van der Waals surface area contributed by atoms with Crippen LogP contribution in [0.5, 0.6) is 11.5 Å². The molecule has 0 saturated carbocycles. The average molecular weight is 533 g/mol. The summed E-state index contributed by atoms with van der Waals surface area (Å²) in [6, 6.07) is 30.2. The van der Waals surface area contributed by atoms with E-state index in [4.69, 9.17) is 33.6 Å². The van der Waals surface area contributed by atoms with E-state index < -0.39 is 11.4 Å². The summed E-state index contributed by atoms with van der Waals surface area (Å²) in [5.74, 6) is 1.04. The van der Waals surface area contributed by atoms with Gasteiger partial charge in [-0.3, -0.25) is 4.21 Å². The van der Waals surface area contributed by atoms with Crippen molar-refractivity contribution in [2.75, 3.05) is 24.9 Å². The molecule has 194 valence electrons. The van der Waals surface area contributed by atoms with Gasteiger partial charge < -0.3 is 29.2 Å². The number of nitrogens with one attached hydrogen (secondary N) is 2. The van der Waals surface area contributed by atoms with Crippen LogP contribution in [-0.4, -0.2) is 27.5 Å². The molecule has 0 atom stereocenters. The zero-order chi connectivity index (χ0) is 27.8. The van der Waals surface area contributed by atoms with Crippen LogP contribution in [0.15, 0.2) is 97.1 Å². The van der Waals surface area contributed by atoms with Gasteiger partial charge in [-0.1, -0.05) is 36.4 Å². The molecule has 0 fully saturated rings. The van der Waals surface area contributed by atoms with Crippen LogP contribution >= 0.6 is 0 Å². The summed E-state index contributed by atoms with van der Waals surface area (Å²) >= 11 is -3.11. The minimum atomic E-state index is -3.11. The fourth-order valence-electron chi connectivity index (χ4n) is 3.05. The number of diazo groups is 2. The van der Waals surface area contributed by atoms with Crippen molar-refractivity contribution >= 4 is 45.5 Å². The summed E-state index contributed by atoms with van der Waals surface area (Å²) in [5, 5.41) is 24.0. The summed E-state index contributed by atoms with van der Waals surface area (Å²) in [6.45, 7) is 0. The Kier molecular flexibility index (Phi) is 12.2. The first-order chi connectivity index (χ1) is 18.4. The Balaban J connectivity index is 0.000000234. The molecule has 0 aliphatic heterocycles. The molecule has 0 heterocycles. The molecule has 4 rings (SSSR count). The number of hydrogen-bond acceptors (Lipinski definition) is 9. The van der Waals surface area contributed by atoms with E-state index in [2.05, 4.69) is 20.6 Å². The molecule has 0 aliphatic carbocycles. The first kappa shape index (κ1) is 29.2. The minimum absolute atomic E-state index is 0.408. The maximum atomic E-state index is 8.75. The summed E-state index contributed by atoms with van der Waals surface area (Å²) in [6.07, 6.45) is 0. The first-order valence-corrected chi connectivity index (χ1v) is 11.9. The topological polar surface area (TPSA) is 162 Å². The normalized spacial score (nSPS) is 9.34. The van der Waals surface area contributed by atoms with E-state index in [1.165, 1.54) is 14.2 Å².